The van der Waals surface area contributed by atoms with E-state index >= 15 is 0 Å². The van der Waals surface area contributed by atoms with Crippen LogP contribution in [0.5, 0.6) is 11.5 Å². The van der Waals surface area contributed by atoms with E-state index in [4.69, 9.17) is 9.47 Å². The monoisotopic (exact) mass is 210 g/mol. The maximum atomic E-state index is 10.7. The lowest BCUT2D eigenvalue weighted by molar-refractivity contribution is -0.385. The van der Waals surface area contributed by atoms with Crippen molar-refractivity contribution in [2.24, 2.45) is 0 Å². The van der Waals surface area contributed by atoms with Gasteiger partial charge in [0.1, 0.15) is 0 Å². The van der Waals surface area contributed by atoms with Crippen LogP contribution in [-0.4, -0.2) is 19.1 Å². The van der Waals surface area contributed by atoms with Crippen molar-refractivity contribution in [3.8, 4) is 11.5 Å². The molecule has 1 aromatic rings. The third kappa shape index (κ3) is 2.18. The molecule has 0 amide bonds. The number of nitrogens with zero attached hydrogens (tertiary/aromatic N) is 1. The summed E-state index contributed by atoms with van der Waals surface area (Å²) in [6.45, 7) is 1.73. The highest BCUT2D eigenvalue weighted by atomic mass is 16.6. The van der Waals surface area contributed by atoms with Gasteiger partial charge in [0, 0.05) is 5.56 Å². The molecule has 5 nitrogen and oxygen atoms in total. The molecule has 0 atom stereocenters. The highest BCUT2D eigenvalue weighted by Crippen LogP contribution is 2.34. The summed E-state index contributed by atoms with van der Waals surface area (Å²) in [6.07, 6.45) is 1.65. The molecule has 0 saturated heterocycles. The average molecular weight is 210 g/mol. The van der Waals surface area contributed by atoms with Crippen molar-refractivity contribution in [2.75, 3.05) is 14.2 Å². The number of hydrogen-bond acceptors (Lipinski definition) is 4. The Labute approximate surface area is 87.8 Å². The fraction of sp³-hybridized carbons (Fsp3) is 0.300. The van der Waals surface area contributed by atoms with Gasteiger partial charge in [-0.05, 0) is 12.5 Å². The molecule has 1 rings (SSSR count). The van der Waals surface area contributed by atoms with Crippen LogP contribution >= 0.6 is 0 Å². The minimum atomic E-state index is -0.447. The minimum Gasteiger partial charge on any atom is -0.493 e. The molecule has 0 aliphatic rings. The van der Waals surface area contributed by atoms with Crippen LogP contribution in [0.15, 0.2) is 12.1 Å². The number of methoxy groups -OCH3 is 2. The first-order valence-corrected chi connectivity index (χ1v) is 4.33. The van der Waals surface area contributed by atoms with Gasteiger partial charge in [0.05, 0.1) is 25.2 Å². The molecule has 1 radical (unpaired) electrons. The Morgan fingerprint density at radius 1 is 1.27 bits per heavy atom. The van der Waals surface area contributed by atoms with Crippen LogP contribution in [-0.2, 0) is 0 Å². The van der Waals surface area contributed by atoms with E-state index in [2.05, 4.69) is 0 Å². The Morgan fingerprint density at radius 2 is 1.80 bits per heavy atom. The Bertz CT molecular complexity index is 376. The predicted octanol–water partition coefficient (Wildman–Crippen LogP) is 2.18. The smallest absolute Gasteiger partial charge is 0.276 e. The van der Waals surface area contributed by atoms with Crippen LogP contribution in [0.25, 0.3) is 0 Å². The van der Waals surface area contributed by atoms with Crippen molar-refractivity contribution < 1.29 is 14.4 Å². The SMILES string of the molecule is C[CH]c1cc(OC)c(OC)cc1[N+](=O)[O-]. The van der Waals surface area contributed by atoms with Crippen LogP contribution in [0.2, 0.25) is 0 Å². The zero-order valence-electron chi connectivity index (χ0n) is 8.81. The number of nitro groups is 1. The summed E-state index contributed by atoms with van der Waals surface area (Å²) in [5.74, 6) is 0.839. The van der Waals surface area contributed by atoms with Crippen molar-refractivity contribution >= 4 is 5.69 Å². The van der Waals surface area contributed by atoms with E-state index < -0.39 is 4.92 Å². The summed E-state index contributed by atoms with van der Waals surface area (Å²) in [4.78, 5) is 10.3. The second-order valence-electron chi connectivity index (χ2n) is 2.81. The van der Waals surface area contributed by atoms with Crippen molar-refractivity contribution in [3.05, 3.63) is 34.2 Å². The lowest BCUT2D eigenvalue weighted by Gasteiger charge is -2.09. The fourth-order valence-electron chi connectivity index (χ4n) is 1.27. The molecule has 1 aromatic carbocycles. The highest BCUT2D eigenvalue weighted by Gasteiger charge is 2.17. The van der Waals surface area contributed by atoms with Crippen LogP contribution in [0.1, 0.15) is 12.5 Å². The third-order valence-corrected chi connectivity index (χ3v) is 2.04. The molecule has 5 heteroatoms. The molecule has 0 aliphatic heterocycles. The van der Waals surface area contributed by atoms with E-state index in [9.17, 15) is 10.1 Å². The number of hydrogen-bond donors (Lipinski definition) is 0. The Hall–Kier alpha value is -1.78. The molecule has 15 heavy (non-hydrogen) atoms. The normalized spacial score (nSPS) is 9.80. The van der Waals surface area contributed by atoms with E-state index in [1.807, 2.05) is 0 Å². The minimum absolute atomic E-state index is 0.00940. The molecule has 81 valence electrons. The first kappa shape index (κ1) is 11.3. The van der Waals surface area contributed by atoms with Crippen LogP contribution in [0, 0.1) is 16.5 Å². The molecule has 0 spiro atoms. The van der Waals surface area contributed by atoms with Gasteiger partial charge < -0.3 is 9.47 Å². The van der Waals surface area contributed by atoms with E-state index in [1.54, 1.807) is 19.4 Å². The van der Waals surface area contributed by atoms with Gasteiger partial charge >= 0.3 is 0 Å². The summed E-state index contributed by atoms with van der Waals surface area (Å²) < 4.78 is 10.0. The maximum Gasteiger partial charge on any atom is 0.276 e. The predicted molar refractivity (Wildman–Crippen MR) is 55.3 cm³/mol. The van der Waals surface area contributed by atoms with Crippen LogP contribution in [0.4, 0.5) is 5.69 Å². The van der Waals surface area contributed by atoms with E-state index in [1.165, 1.54) is 20.3 Å². The number of nitro benzene ring substituents is 1. The molecular formula is C10H12NO4. The van der Waals surface area contributed by atoms with Gasteiger partial charge in [-0.2, -0.15) is 0 Å². The standard InChI is InChI=1S/C10H12NO4/c1-4-7-5-9(14-2)10(15-3)6-8(7)11(12)13/h4-6H,1-3H3. The number of ether oxygens (including phenoxy) is 2. The molecular weight excluding hydrogens is 198 g/mol. The van der Waals surface area contributed by atoms with Gasteiger partial charge in [0.25, 0.3) is 5.69 Å². The van der Waals surface area contributed by atoms with Crippen LogP contribution < -0.4 is 9.47 Å². The summed E-state index contributed by atoms with van der Waals surface area (Å²) in [7, 11) is 2.93. The van der Waals surface area contributed by atoms with Crippen molar-refractivity contribution in [1.82, 2.24) is 0 Å². The first-order valence-electron chi connectivity index (χ1n) is 4.33. The first-order chi connectivity index (χ1) is 7.13. The summed E-state index contributed by atoms with van der Waals surface area (Å²) >= 11 is 0. The van der Waals surface area contributed by atoms with Crippen molar-refractivity contribution in [2.45, 2.75) is 6.92 Å². The highest BCUT2D eigenvalue weighted by molar-refractivity contribution is 5.56. The second kappa shape index (κ2) is 4.63. The Morgan fingerprint density at radius 3 is 2.20 bits per heavy atom. The van der Waals surface area contributed by atoms with Crippen molar-refractivity contribution in [1.29, 1.82) is 0 Å². The van der Waals surface area contributed by atoms with Crippen LogP contribution in [0.3, 0.4) is 0 Å². The summed E-state index contributed by atoms with van der Waals surface area (Å²) in [6, 6.07) is 2.94. The lowest BCUT2D eigenvalue weighted by Crippen LogP contribution is -1.97. The molecule has 0 fully saturated rings. The largest absolute Gasteiger partial charge is 0.493 e. The van der Waals surface area contributed by atoms with E-state index in [-0.39, 0.29) is 5.69 Å². The Balaban J connectivity index is 3.34. The second-order valence-corrected chi connectivity index (χ2v) is 2.81. The maximum absolute atomic E-state index is 10.7. The average Bonchev–Trinajstić information content (AvgIpc) is 2.26. The molecule has 0 saturated carbocycles. The third-order valence-electron chi connectivity index (χ3n) is 2.04. The zero-order valence-corrected chi connectivity index (χ0v) is 8.81. The van der Waals surface area contributed by atoms with Gasteiger partial charge in [0.2, 0.25) is 0 Å². The molecule has 0 bridgehead atoms. The summed E-state index contributed by atoms with van der Waals surface area (Å²) in [5.41, 5.74) is 0.521. The lowest BCUT2D eigenvalue weighted by atomic mass is 10.1. The van der Waals surface area contributed by atoms with Gasteiger partial charge in [-0.25, -0.2) is 0 Å². The van der Waals surface area contributed by atoms with Gasteiger partial charge in [-0.3, -0.25) is 10.1 Å². The molecule has 0 N–H and O–H groups in total. The molecule has 0 aliphatic carbocycles. The topological polar surface area (TPSA) is 61.6 Å². The quantitative estimate of drug-likeness (QED) is 0.564. The molecule has 0 unspecified atom stereocenters. The number of benzene rings is 1. The van der Waals surface area contributed by atoms with Gasteiger partial charge in [-0.15, -0.1) is 0 Å². The molecule has 0 heterocycles. The molecule has 0 aromatic heterocycles. The van der Waals surface area contributed by atoms with Gasteiger partial charge in [-0.1, -0.05) is 6.92 Å². The number of rotatable bonds is 4. The zero-order chi connectivity index (χ0) is 11.4. The van der Waals surface area contributed by atoms with E-state index in [0.717, 1.165) is 0 Å². The fourth-order valence-corrected chi connectivity index (χ4v) is 1.27. The summed E-state index contributed by atoms with van der Waals surface area (Å²) in [5, 5.41) is 10.7. The van der Waals surface area contributed by atoms with Crippen molar-refractivity contribution in [3.63, 3.8) is 0 Å². The van der Waals surface area contributed by atoms with Gasteiger partial charge in [0.15, 0.2) is 11.5 Å². The van der Waals surface area contributed by atoms with E-state index in [0.29, 0.717) is 17.1 Å². The Kier molecular flexibility index (Phi) is 3.49.